The maximum Gasteiger partial charge on any atom is 0.317 e. The summed E-state index contributed by atoms with van der Waals surface area (Å²) in [6.07, 6.45) is 0. The average Bonchev–Trinajstić information content (AvgIpc) is 2.77. The van der Waals surface area contributed by atoms with Gasteiger partial charge in [-0.25, -0.2) is 4.79 Å². The molecule has 1 fully saturated rings. The van der Waals surface area contributed by atoms with Crippen LogP contribution in [0.4, 0.5) is 4.79 Å². The van der Waals surface area contributed by atoms with Crippen molar-refractivity contribution in [3.8, 4) is 6.07 Å². The highest BCUT2D eigenvalue weighted by Crippen LogP contribution is 2.14. The number of rotatable bonds is 6. The number of carbonyl (C=O) groups is 1. The topological polar surface area (TPSA) is 68.6 Å². The molecule has 0 spiro atoms. The van der Waals surface area contributed by atoms with Gasteiger partial charge in [-0.05, 0) is 49.6 Å². The van der Waals surface area contributed by atoms with Crippen molar-refractivity contribution >= 4 is 6.03 Å². The molecule has 1 heterocycles. The molecule has 2 aromatic carbocycles. The lowest BCUT2D eigenvalue weighted by Gasteiger charge is -2.34. The van der Waals surface area contributed by atoms with Gasteiger partial charge in [0.25, 0.3) is 0 Å². The first-order valence-electron chi connectivity index (χ1n) is 10.8. The van der Waals surface area contributed by atoms with Gasteiger partial charge in [-0.2, -0.15) is 5.26 Å². The third-order valence-corrected chi connectivity index (χ3v) is 5.26. The number of nitriles is 1. The lowest BCUT2D eigenvalue weighted by molar-refractivity contribution is -0.0149. The van der Waals surface area contributed by atoms with Crippen molar-refractivity contribution in [2.75, 3.05) is 26.2 Å². The van der Waals surface area contributed by atoms with Crippen LogP contribution in [0.15, 0.2) is 48.5 Å². The maximum atomic E-state index is 12.6. The number of piperazine rings is 1. The van der Waals surface area contributed by atoms with Crippen LogP contribution in [0, 0.1) is 11.3 Å². The van der Waals surface area contributed by atoms with Crippen LogP contribution in [-0.4, -0.2) is 47.6 Å². The van der Waals surface area contributed by atoms with Crippen LogP contribution in [0.5, 0.6) is 0 Å². The Morgan fingerprint density at radius 3 is 2.35 bits per heavy atom. The molecule has 0 bridgehead atoms. The van der Waals surface area contributed by atoms with Gasteiger partial charge in [0.1, 0.15) is 0 Å². The van der Waals surface area contributed by atoms with Crippen molar-refractivity contribution in [3.05, 3.63) is 70.8 Å². The van der Waals surface area contributed by atoms with Crippen molar-refractivity contribution in [2.45, 2.75) is 46.1 Å². The molecule has 1 aliphatic heterocycles. The summed E-state index contributed by atoms with van der Waals surface area (Å²) >= 11 is 0. The number of ether oxygens (including phenoxy) is 1. The number of amides is 2. The molecule has 6 nitrogen and oxygen atoms in total. The summed E-state index contributed by atoms with van der Waals surface area (Å²) in [4.78, 5) is 16.8. The predicted octanol–water partition coefficient (Wildman–Crippen LogP) is 3.90. The van der Waals surface area contributed by atoms with Gasteiger partial charge in [-0.15, -0.1) is 0 Å². The number of nitrogens with zero attached hydrogens (tertiary/aromatic N) is 3. The SMILES string of the molecule is CC(C)(C)OCc1cccc(CNC(=O)N2CCN(Cc3ccc(C#N)cc3)CC2)c1. The maximum absolute atomic E-state index is 12.6. The summed E-state index contributed by atoms with van der Waals surface area (Å²) in [6, 6.07) is 18.0. The third-order valence-electron chi connectivity index (χ3n) is 5.26. The first kappa shape index (κ1) is 22.8. The Morgan fingerprint density at radius 1 is 1.03 bits per heavy atom. The Kier molecular flexibility index (Phi) is 7.67. The summed E-state index contributed by atoms with van der Waals surface area (Å²) in [5, 5.41) is 11.9. The second kappa shape index (κ2) is 10.4. The normalized spacial score (nSPS) is 14.8. The van der Waals surface area contributed by atoms with Crippen LogP contribution in [0.1, 0.15) is 43.0 Å². The van der Waals surface area contributed by atoms with Gasteiger partial charge < -0.3 is 15.0 Å². The van der Waals surface area contributed by atoms with E-state index in [1.54, 1.807) is 0 Å². The molecule has 0 saturated carbocycles. The first-order valence-corrected chi connectivity index (χ1v) is 10.8. The highest BCUT2D eigenvalue weighted by molar-refractivity contribution is 5.74. The molecule has 164 valence electrons. The van der Waals surface area contributed by atoms with Crippen molar-refractivity contribution < 1.29 is 9.53 Å². The summed E-state index contributed by atoms with van der Waals surface area (Å²) in [5.74, 6) is 0. The van der Waals surface area contributed by atoms with Gasteiger partial charge in [-0.3, -0.25) is 4.90 Å². The fraction of sp³-hybridized carbons (Fsp3) is 0.440. The smallest absolute Gasteiger partial charge is 0.317 e. The minimum atomic E-state index is -0.174. The summed E-state index contributed by atoms with van der Waals surface area (Å²) < 4.78 is 5.84. The highest BCUT2D eigenvalue weighted by Gasteiger charge is 2.21. The molecule has 1 aliphatic rings. The first-order chi connectivity index (χ1) is 14.8. The Balaban J connectivity index is 1.42. The summed E-state index contributed by atoms with van der Waals surface area (Å²) in [7, 11) is 0. The van der Waals surface area contributed by atoms with Crippen molar-refractivity contribution in [2.24, 2.45) is 0 Å². The van der Waals surface area contributed by atoms with Gasteiger partial charge >= 0.3 is 6.03 Å². The van der Waals surface area contributed by atoms with E-state index in [2.05, 4.69) is 22.4 Å². The van der Waals surface area contributed by atoms with E-state index in [4.69, 9.17) is 10.00 Å². The van der Waals surface area contributed by atoms with Crippen LogP contribution in [0.25, 0.3) is 0 Å². The molecule has 3 rings (SSSR count). The quantitative estimate of drug-likeness (QED) is 0.770. The number of urea groups is 1. The second-order valence-corrected chi connectivity index (χ2v) is 8.95. The Hall–Kier alpha value is -2.88. The minimum absolute atomic E-state index is 0.0191. The number of carbonyl (C=O) groups excluding carboxylic acids is 1. The average molecular weight is 421 g/mol. The molecule has 0 radical (unpaired) electrons. The number of hydrogen-bond donors (Lipinski definition) is 1. The number of nitrogens with one attached hydrogen (secondary N) is 1. The van der Waals surface area contributed by atoms with E-state index in [1.165, 1.54) is 5.56 Å². The van der Waals surface area contributed by atoms with E-state index >= 15 is 0 Å². The lowest BCUT2D eigenvalue weighted by atomic mass is 10.1. The van der Waals surface area contributed by atoms with Crippen molar-refractivity contribution in [1.29, 1.82) is 5.26 Å². The zero-order valence-corrected chi connectivity index (χ0v) is 18.7. The zero-order valence-electron chi connectivity index (χ0n) is 18.7. The monoisotopic (exact) mass is 420 g/mol. The van der Waals surface area contributed by atoms with E-state index in [-0.39, 0.29) is 11.6 Å². The van der Waals surface area contributed by atoms with Gasteiger partial charge in [0.15, 0.2) is 0 Å². The molecule has 1 saturated heterocycles. The van der Waals surface area contributed by atoms with Crippen molar-refractivity contribution in [1.82, 2.24) is 15.1 Å². The molecule has 0 unspecified atom stereocenters. The van der Waals surface area contributed by atoms with Gasteiger partial charge in [0.05, 0.1) is 23.8 Å². The molecule has 0 aromatic heterocycles. The van der Waals surface area contributed by atoms with Gasteiger partial charge in [-0.1, -0.05) is 36.4 Å². The molecule has 0 aliphatic carbocycles. The fourth-order valence-electron chi connectivity index (χ4n) is 3.47. The third kappa shape index (κ3) is 7.39. The molecular formula is C25H32N4O2. The molecule has 2 aromatic rings. The zero-order chi connectivity index (χ0) is 22.3. The van der Waals surface area contributed by atoms with E-state index < -0.39 is 0 Å². The van der Waals surface area contributed by atoms with E-state index in [1.807, 2.05) is 68.1 Å². The summed E-state index contributed by atoms with van der Waals surface area (Å²) in [5.41, 5.74) is 3.87. The second-order valence-electron chi connectivity index (χ2n) is 8.95. The van der Waals surface area contributed by atoms with E-state index in [9.17, 15) is 4.79 Å². The number of benzene rings is 2. The van der Waals surface area contributed by atoms with Crippen molar-refractivity contribution in [3.63, 3.8) is 0 Å². The number of hydrogen-bond acceptors (Lipinski definition) is 4. The van der Waals surface area contributed by atoms with Crippen LogP contribution in [-0.2, 0) is 24.4 Å². The van der Waals surface area contributed by atoms with Gasteiger partial charge in [0, 0.05) is 39.3 Å². The van der Waals surface area contributed by atoms with Gasteiger partial charge in [0.2, 0.25) is 0 Å². The molecule has 1 N–H and O–H groups in total. The molecule has 0 atom stereocenters. The Bertz CT molecular complexity index is 904. The standard InChI is InChI=1S/C25H32N4O2/c1-25(2,3)31-19-23-6-4-5-22(15-23)17-27-24(30)29-13-11-28(12-14-29)18-21-9-7-20(16-26)8-10-21/h4-10,15H,11-14,17-19H2,1-3H3,(H,27,30). The van der Waals surface area contributed by atoms with E-state index in [0.29, 0.717) is 31.8 Å². The highest BCUT2D eigenvalue weighted by atomic mass is 16.5. The molecule has 2 amide bonds. The Morgan fingerprint density at radius 2 is 1.71 bits per heavy atom. The van der Waals surface area contributed by atoms with E-state index in [0.717, 1.165) is 30.8 Å². The molecular weight excluding hydrogens is 388 g/mol. The predicted molar refractivity (Wildman–Crippen MR) is 121 cm³/mol. The Labute approximate surface area is 185 Å². The lowest BCUT2D eigenvalue weighted by Crippen LogP contribution is -2.51. The molecule has 6 heteroatoms. The van der Waals surface area contributed by atoms with Crippen LogP contribution >= 0.6 is 0 Å². The van der Waals surface area contributed by atoms with Crippen LogP contribution in [0.2, 0.25) is 0 Å². The molecule has 31 heavy (non-hydrogen) atoms. The largest absolute Gasteiger partial charge is 0.371 e. The summed E-state index contributed by atoms with van der Waals surface area (Å²) in [6.45, 7) is 11.1. The van der Waals surface area contributed by atoms with Crippen LogP contribution < -0.4 is 5.32 Å². The fourth-order valence-corrected chi connectivity index (χ4v) is 3.47. The van der Waals surface area contributed by atoms with Crippen LogP contribution in [0.3, 0.4) is 0 Å². The minimum Gasteiger partial charge on any atom is -0.371 e.